The molecule has 0 aromatic heterocycles. The molecule has 2 aromatic carbocycles. The summed E-state index contributed by atoms with van der Waals surface area (Å²) < 4.78 is 0. The van der Waals surface area contributed by atoms with Crippen molar-refractivity contribution in [1.29, 1.82) is 0 Å². The van der Waals surface area contributed by atoms with Crippen molar-refractivity contribution >= 4 is 11.7 Å². The Morgan fingerprint density at radius 2 is 1.33 bits per heavy atom. The minimum absolute atomic E-state index is 0.0449. The number of Topliss-reactive ketones (excluding diaryl/α,β-unsaturated/α-hetero) is 1. The highest BCUT2D eigenvalue weighted by molar-refractivity contribution is 5.96. The molecule has 1 atom stereocenters. The summed E-state index contributed by atoms with van der Waals surface area (Å²) in [5.41, 5.74) is 2.09. The van der Waals surface area contributed by atoms with E-state index in [4.69, 9.17) is 0 Å². The number of benzene rings is 2. The number of carbonyl (C=O) groups excluding carboxylic acids is 2. The fourth-order valence-electron chi connectivity index (χ4n) is 2.89. The molecular weight excluding hydrogens is 262 g/mol. The number of nitrogens with one attached hydrogen (secondary N) is 1. The van der Waals surface area contributed by atoms with Crippen molar-refractivity contribution in [3.8, 4) is 0 Å². The molecular formula is C18H17NO2. The predicted molar refractivity (Wildman–Crippen MR) is 80.9 cm³/mol. The van der Waals surface area contributed by atoms with Gasteiger partial charge in [-0.05, 0) is 11.1 Å². The Morgan fingerprint density at radius 3 is 1.86 bits per heavy atom. The third-order valence-corrected chi connectivity index (χ3v) is 3.91. The summed E-state index contributed by atoms with van der Waals surface area (Å²) in [6.45, 7) is 0. The summed E-state index contributed by atoms with van der Waals surface area (Å²) in [4.78, 5) is 24.0. The van der Waals surface area contributed by atoms with E-state index < -0.39 is 6.04 Å². The Morgan fingerprint density at radius 1 is 0.810 bits per heavy atom. The standard InChI is InChI=1S/C18H17NO2/c20-15-11-12-16(21)19-18(15)17(13-7-3-1-4-8-13)14-9-5-2-6-10-14/h1-10,17-18H,11-12H2,(H,19,21). The van der Waals surface area contributed by atoms with Crippen LogP contribution in [0.2, 0.25) is 0 Å². The lowest BCUT2D eigenvalue weighted by Crippen LogP contribution is -2.49. The van der Waals surface area contributed by atoms with Gasteiger partial charge in [0.25, 0.3) is 0 Å². The molecule has 0 aliphatic carbocycles. The number of ketones is 1. The molecule has 0 saturated carbocycles. The molecule has 1 aliphatic rings. The SMILES string of the molecule is O=C1CCC(=O)C(C(c2ccccc2)c2ccccc2)N1. The van der Waals surface area contributed by atoms with Gasteiger partial charge in [-0.15, -0.1) is 0 Å². The molecule has 1 N–H and O–H groups in total. The van der Waals surface area contributed by atoms with Crippen molar-refractivity contribution in [2.24, 2.45) is 0 Å². The Bertz CT molecular complexity index is 597. The van der Waals surface area contributed by atoms with Crippen molar-refractivity contribution in [2.45, 2.75) is 24.8 Å². The first-order valence-electron chi connectivity index (χ1n) is 7.17. The number of carbonyl (C=O) groups is 2. The van der Waals surface area contributed by atoms with E-state index in [9.17, 15) is 9.59 Å². The smallest absolute Gasteiger partial charge is 0.221 e. The van der Waals surface area contributed by atoms with Crippen LogP contribution >= 0.6 is 0 Å². The number of hydrogen-bond donors (Lipinski definition) is 1. The van der Waals surface area contributed by atoms with Crippen LogP contribution in [0.3, 0.4) is 0 Å². The Kier molecular flexibility index (Phi) is 3.82. The third-order valence-electron chi connectivity index (χ3n) is 3.91. The van der Waals surface area contributed by atoms with Crippen molar-refractivity contribution in [3.63, 3.8) is 0 Å². The van der Waals surface area contributed by atoms with Gasteiger partial charge in [0.15, 0.2) is 5.78 Å². The zero-order valence-electron chi connectivity index (χ0n) is 11.7. The minimum Gasteiger partial charge on any atom is -0.345 e. The quantitative estimate of drug-likeness (QED) is 0.939. The molecule has 106 valence electrons. The molecule has 3 rings (SSSR count). The summed E-state index contributed by atoms with van der Waals surface area (Å²) in [7, 11) is 0. The van der Waals surface area contributed by atoms with E-state index in [-0.39, 0.29) is 17.6 Å². The highest BCUT2D eigenvalue weighted by atomic mass is 16.2. The molecule has 0 spiro atoms. The maximum Gasteiger partial charge on any atom is 0.221 e. The third kappa shape index (κ3) is 2.87. The van der Waals surface area contributed by atoms with E-state index in [1.807, 2.05) is 60.7 Å². The van der Waals surface area contributed by atoms with E-state index in [0.29, 0.717) is 12.8 Å². The van der Waals surface area contributed by atoms with Crippen LogP contribution in [0.25, 0.3) is 0 Å². The van der Waals surface area contributed by atoms with Crippen molar-refractivity contribution < 1.29 is 9.59 Å². The monoisotopic (exact) mass is 279 g/mol. The molecule has 0 bridgehead atoms. The van der Waals surface area contributed by atoms with Gasteiger partial charge in [-0.2, -0.15) is 0 Å². The molecule has 1 amide bonds. The van der Waals surface area contributed by atoms with E-state index in [2.05, 4.69) is 5.32 Å². The van der Waals surface area contributed by atoms with Crippen LogP contribution in [0.1, 0.15) is 29.9 Å². The van der Waals surface area contributed by atoms with Gasteiger partial charge in [-0.25, -0.2) is 0 Å². The van der Waals surface area contributed by atoms with Crippen molar-refractivity contribution in [3.05, 3.63) is 71.8 Å². The first-order valence-corrected chi connectivity index (χ1v) is 7.17. The maximum absolute atomic E-state index is 12.3. The minimum atomic E-state index is -0.476. The molecule has 1 unspecified atom stereocenters. The molecule has 1 heterocycles. The highest BCUT2D eigenvalue weighted by Gasteiger charge is 2.34. The summed E-state index contributed by atoms with van der Waals surface area (Å²) in [6, 6.07) is 19.3. The van der Waals surface area contributed by atoms with Crippen LogP contribution in [-0.2, 0) is 9.59 Å². The molecule has 1 saturated heterocycles. The molecule has 0 radical (unpaired) electrons. The lowest BCUT2D eigenvalue weighted by atomic mass is 9.81. The zero-order chi connectivity index (χ0) is 14.7. The number of hydrogen-bond acceptors (Lipinski definition) is 2. The molecule has 3 heteroatoms. The first-order chi connectivity index (χ1) is 10.3. The Balaban J connectivity index is 2.04. The zero-order valence-corrected chi connectivity index (χ0v) is 11.7. The van der Waals surface area contributed by atoms with E-state index >= 15 is 0 Å². The summed E-state index contributed by atoms with van der Waals surface area (Å²) in [5, 5.41) is 2.87. The maximum atomic E-state index is 12.3. The average Bonchev–Trinajstić information content (AvgIpc) is 2.53. The van der Waals surface area contributed by atoms with Gasteiger partial charge in [0.05, 0.1) is 6.04 Å². The van der Waals surface area contributed by atoms with E-state index in [1.54, 1.807) is 0 Å². The first kappa shape index (κ1) is 13.6. The van der Waals surface area contributed by atoms with E-state index in [1.165, 1.54) is 0 Å². The van der Waals surface area contributed by atoms with Gasteiger partial charge in [0, 0.05) is 18.8 Å². The van der Waals surface area contributed by atoms with Gasteiger partial charge in [-0.3, -0.25) is 9.59 Å². The Labute approximate surface area is 124 Å². The molecule has 3 nitrogen and oxygen atoms in total. The summed E-state index contributed by atoms with van der Waals surface area (Å²) >= 11 is 0. The van der Waals surface area contributed by atoms with Crippen molar-refractivity contribution in [1.82, 2.24) is 5.32 Å². The number of rotatable bonds is 3. The number of piperidine rings is 1. The topological polar surface area (TPSA) is 46.2 Å². The second kappa shape index (κ2) is 5.92. The van der Waals surface area contributed by atoms with Crippen LogP contribution in [-0.4, -0.2) is 17.7 Å². The molecule has 1 fully saturated rings. The molecule has 1 aliphatic heterocycles. The van der Waals surface area contributed by atoms with Gasteiger partial charge in [0.2, 0.25) is 5.91 Å². The predicted octanol–water partition coefficient (Wildman–Crippen LogP) is 2.67. The van der Waals surface area contributed by atoms with Gasteiger partial charge in [0.1, 0.15) is 0 Å². The number of amides is 1. The lowest BCUT2D eigenvalue weighted by molar-refractivity contribution is -0.133. The summed E-state index contributed by atoms with van der Waals surface area (Å²) in [5.74, 6) is -0.0760. The molecule has 2 aromatic rings. The summed E-state index contributed by atoms with van der Waals surface area (Å²) in [6.07, 6.45) is 0.623. The van der Waals surface area contributed by atoms with Gasteiger partial charge in [-0.1, -0.05) is 60.7 Å². The fourth-order valence-corrected chi connectivity index (χ4v) is 2.89. The van der Waals surface area contributed by atoms with Crippen LogP contribution in [0.15, 0.2) is 60.7 Å². The Hall–Kier alpha value is -2.42. The normalized spacial score (nSPS) is 18.6. The van der Waals surface area contributed by atoms with Crippen LogP contribution in [0, 0.1) is 0 Å². The van der Waals surface area contributed by atoms with Crippen LogP contribution < -0.4 is 5.32 Å². The highest BCUT2D eigenvalue weighted by Crippen LogP contribution is 2.30. The van der Waals surface area contributed by atoms with Crippen LogP contribution in [0.5, 0.6) is 0 Å². The van der Waals surface area contributed by atoms with Gasteiger partial charge < -0.3 is 5.32 Å². The molecule has 21 heavy (non-hydrogen) atoms. The van der Waals surface area contributed by atoms with Crippen LogP contribution in [0.4, 0.5) is 0 Å². The second-order valence-electron chi connectivity index (χ2n) is 5.31. The van der Waals surface area contributed by atoms with E-state index in [0.717, 1.165) is 11.1 Å². The lowest BCUT2D eigenvalue weighted by Gasteiger charge is -2.30. The fraction of sp³-hybridized carbons (Fsp3) is 0.222. The van der Waals surface area contributed by atoms with Crippen molar-refractivity contribution in [2.75, 3.05) is 0 Å². The average molecular weight is 279 g/mol. The van der Waals surface area contributed by atoms with Gasteiger partial charge >= 0.3 is 0 Å². The second-order valence-corrected chi connectivity index (χ2v) is 5.31. The largest absolute Gasteiger partial charge is 0.345 e.